The van der Waals surface area contributed by atoms with E-state index in [2.05, 4.69) is 48.8 Å². The van der Waals surface area contributed by atoms with E-state index < -0.39 is 0 Å². The molecule has 0 radical (unpaired) electrons. The number of hydrogen-bond donors (Lipinski definition) is 2. The molecule has 190 valence electrons. The summed E-state index contributed by atoms with van der Waals surface area (Å²) >= 11 is 0. The van der Waals surface area contributed by atoms with Crippen molar-refractivity contribution in [3.8, 4) is 17.0 Å². The second kappa shape index (κ2) is 10.3. The molecule has 0 spiro atoms. The van der Waals surface area contributed by atoms with Gasteiger partial charge < -0.3 is 20.1 Å². The van der Waals surface area contributed by atoms with E-state index in [0.29, 0.717) is 17.3 Å². The second-order valence-corrected chi connectivity index (χ2v) is 9.38. The fourth-order valence-corrected chi connectivity index (χ4v) is 4.56. The number of carbonyl (C=O) groups excluding carboxylic acids is 1. The van der Waals surface area contributed by atoms with Gasteiger partial charge in [-0.25, -0.2) is 9.97 Å². The first kappa shape index (κ1) is 23.5. The molecule has 2 saturated heterocycles. The molecule has 1 aromatic carbocycles. The second-order valence-electron chi connectivity index (χ2n) is 9.38. The summed E-state index contributed by atoms with van der Waals surface area (Å²) in [7, 11) is 1.98. The SMILES string of the molecule is Cn1ncc(-c2ccc3cnc(NC(=O)c4ccnc(OC5CNC5)c4)cc3c2)c1CN1CCOCC1. The number of anilines is 1. The highest BCUT2D eigenvalue weighted by Crippen LogP contribution is 2.29. The summed E-state index contributed by atoms with van der Waals surface area (Å²) in [6, 6.07) is 11.5. The van der Waals surface area contributed by atoms with Gasteiger partial charge in [0.15, 0.2) is 0 Å². The number of nitrogens with zero attached hydrogens (tertiary/aromatic N) is 5. The van der Waals surface area contributed by atoms with Gasteiger partial charge in [-0.1, -0.05) is 12.1 Å². The first-order valence-electron chi connectivity index (χ1n) is 12.5. The maximum atomic E-state index is 12.9. The summed E-state index contributed by atoms with van der Waals surface area (Å²) in [5, 5.41) is 12.6. The highest BCUT2D eigenvalue weighted by molar-refractivity contribution is 6.04. The fraction of sp³-hybridized carbons (Fsp3) is 0.333. The molecular weight excluding hydrogens is 470 g/mol. The Morgan fingerprint density at radius 2 is 1.97 bits per heavy atom. The van der Waals surface area contributed by atoms with Crippen LogP contribution in [-0.4, -0.2) is 76.1 Å². The van der Waals surface area contributed by atoms with Gasteiger partial charge in [0.25, 0.3) is 5.91 Å². The van der Waals surface area contributed by atoms with Crippen molar-refractivity contribution in [2.24, 2.45) is 7.05 Å². The molecule has 37 heavy (non-hydrogen) atoms. The zero-order valence-corrected chi connectivity index (χ0v) is 20.7. The smallest absolute Gasteiger partial charge is 0.257 e. The van der Waals surface area contributed by atoms with Crippen LogP contribution in [0.4, 0.5) is 5.82 Å². The normalized spacial score (nSPS) is 16.5. The third kappa shape index (κ3) is 5.17. The molecule has 0 bridgehead atoms. The summed E-state index contributed by atoms with van der Waals surface area (Å²) in [6.45, 7) is 5.75. The topological polar surface area (TPSA) is 106 Å². The monoisotopic (exact) mass is 499 g/mol. The van der Waals surface area contributed by atoms with E-state index in [4.69, 9.17) is 9.47 Å². The fourth-order valence-electron chi connectivity index (χ4n) is 4.56. The number of nitrogens with one attached hydrogen (secondary N) is 2. The van der Waals surface area contributed by atoms with Gasteiger partial charge in [-0.05, 0) is 29.1 Å². The van der Waals surface area contributed by atoms with Gasteiger partial charge in [0, 0.05) is 74.7 Å². The molecule has 2 N–H and O–H groups in total. The number of pyridine rings is 2. The number of benzene rings is 1. The molecular formula is C27H29N7O3. The Bertz CT molecular complexity index is 1430. The maximum absolute atomic E-state index is 12.9. The molecule has 3 aromatic heterocycles. The van der Waals surface area contributed by atoms with Crippen LogP contribution in [0.2, 0.25) is 0 Å². The summed E-state index contributed by atoms with van der Waals surface area (Å²) in [4.78, 5) is 24.0. The quantitative estimate of drug-likeness (QED) is 0.400. The lowest BCUT2D eigenvalue weighted by Crippen LogP contribution is -2.50. The van der Waals surface area contributed by atoms with Gasteiger partial charge in [0.1, 0.15) is 11.9 Å². The van der Waals surface area contributed by atoms with Gasteiger partial charge in [-0.3, -0.25) is 14.4 Å². The number of aromatic nitrogens is 4. The third-order valence-corrected chi connectivity index (χ3v) is 6.84. The Kier molecular flexibility index (Phi) is 6.52. The van der Waals surface area contributed by atoms with Crippen LogP contribution in [0.25, 0.3) is 21.9 Å². The van der Waals surface area contributed by atoms with E-state index in [-0.39, 0.29) is 12.0 Å². The maximum Gasteiger partial charge on any atom is 0.257 e. The zero-order chi connectivity index (χ0) is 25.2. The number of carbonyl (C=O) groups is 1. The highest BCUT2D eigenvalue weighted by atomic mass is 16.5. The molecule has 2 aliphatic rings. The molecule has 0 aliphatic carbocycles. The lowest BCUT2D eigenvalue weighted by atomic mass is 10.0. The molecule has 6 rings (SSSR count). The van der Waals surface area contributed by atoms with Crippen molar-refractivity contribution >= 4 is 22.5 Å². The van der Waals surface area contributed by atoms with Crippen LogP contribution < -0.4 is 15.4 Å². The molecule has 10 heteroatoms. The lowest BCUT2D eigenvalue weighted by molar-refractivity contribution is 0.0332. The minimum absolute atomic E-state index is 0.0939. The predicted molar refractivity (Wildman–Crippen MR) is 140 cm³/mol. The summed E-state index contributed by atoms with van der Waals surface area (Å²) < 4.78 is 13.2. The zero-order valence-electron chi connectivity index (χ0n) is 20.7. The largest absolute Gasteiger partial charge is 0.472 e. The number of morpholine rings is 1. The molecule has 0 unspecified atom stereocenters. The molecule has 1 amide bonds. The van der Waals surface area contributed by atoms with Crippen LogP contribution in [-0.2, 0) is 18.3 Å². The molecule has 5 heterocycles. The van der Waals surface area contributed by atoms with Crippen LogP contribution >= 0.6 is 0 Å². The summed E-state index contributed by atoms with van der Waals surface area (Å²) in [6.07, 6.45) is 5.37. The lowest BCUT2D eigenvalue weighted by Gasteiger charge is -2.27. The van der Waals surface area contributed by atoms with Crippen molar-refractivity contribution in [2.45, 2.75) is 12.6 Å². The first-order valence-corrected chi connectivity index (χ1v) is 12.5. The Morgan fingerprint density at radius 1 is 1.11 bits per heavy atom. The molecule has 0 atom stereocenters. The van der Waals surface area contributed by atoms with Crippen LogP contribution in [0.1, 0.15) is 16.1 Å². The molecule has 2 fully saturated rings. The van der Waals surface area contributed by atoms with Gasteiger partial charge in [-0.2, -0.15) is 5.10 Å². The van der Waals surface area contributed by atoms with E-state index in [1.165, 1.54) is 0 Å². The average Bonchev–Trinajstić information content (AvgIpc) is 3.26. The van der Waals surface area contributed by atoms with Crippen molar-refractivity contribution in [3.05, 3.63) is 66.2 Å². The minimum atomic E-state index is -0.262. The minimum Gasteiger partial charge on any atom is -0.472 e. The van der Waals surface area contributed by atoms with Gasteiger partial charge >= 0.3 is 0 Å². The van der Waals surface area contributed by atoms with Gasteiger partial charge in [0.2, 0.25) is 5.88 Å². The molecule has 0 saturated carbocycles. The van der Waals surface area contributed by atoms with Crippen molar-refractivity contribution in [1.82, 2.24) is 30.0 Å². The summed E-state index contributed by atoms with van der Waals surface area (Å²) in [5.74, 6) is 0.665. The van der Waals surface area contributed by atoms with Crippen molar-refractivity contribution < 1.29 is 14.3 Å². The van der Waals surface area contributed by atoms with Crippen molar-refractivity contribution in [1.29, 1.82) is 0 Å². The number of amides is 1. The molecule has 10 nitrogen and oxygen atoms in total. The average molecular weight is 500 g/mol. The van der Waals surface area contributed by atoms with E-state index in [9.17, 15) is 4.79 Å². The van der Waals surface area contributed by atoms with E-state index in [1.807, 2.05) is 24.0 Å². The molecule has 4 aromatic rings. The first-order chi connectivity index (χ1) is 18.1. The Morgan fingerprint density at radius 3 is 2.78 bits per heavy atom. The van der Waals surface area contributed by atoms with Gasteiger partial charge in [-0.15, -0.1) is 0 Å². The highest BCUT2D eigenvalue weighted by Gasteiger charge is 2.20. The van der Waals surface area contributed by atoms with E-state index >= 15 is 0 Å². The Hall–Kier alpha value is -3.86. The van der Waals surface area contributed by atoms with Crippen molar-refractivity contribution in [2.75, 3.05) is 44.7 Å². The van der Waals surface area contributed by atoms with Gasteiger partial charge in [0.05, 0.1) is 25.1 Å². The summed E-state index contributed by atoms with van der Waals surface area (Å²) in [5.41, 5.74) is 3.81. The van der Waals surface area contributed by atoms with E-state index in [1.54, 1.807) is 24.5 Å². The number of hydrogen-bond acceptors (Lipinski definition) is 8. The number of rotatable bonds is 7. The Labute approximate surface area is 214 Å². The molecule has 2 aliphatic heterocycles. The number of ether oxygens (including phenoxy) is 2. The van der Waals surface area contributed by atoms with Crippen molar-refractivity contribution in [3.63, 3.8) is 0 Å². The number of fused-ring (bicyclic) bond motifs is 1. The standard InChI is InChI=1S/C27H29N7O3/c1-33-24(17-34-6-8-36-9-7-34)23(16-31-33)18-2-3-20-13-30-25(11-21(20)10-18)32-27(35)19-4-5-29-26(12-19)37-22-14-28-15-22/h2-5,10-13,16,22,28H,6-9,14-15,17H2,1H3,(H,30,32,35). The third-order valence-electron chi connectivity index (χ3n) is 6.84. The van der Waals surface area contributed by atoms with Crippen LogP contribution in [0.3, 0.4) is 0 Å². The van der Waals surface area contributed by atoms with Crippen LogP contribution in [0.15, 0.2) is 55.0 Å². The van der Waals surface area contributed by atoms with Crippen LogP contribution in [0.5, 0.6) is 5.88 Å². The number of aryl methyl sites for hydroxylation is 1. The van der Waals surface area contributed by atoms with Crippen LogP contribution in [0, 0.1) is 0 Å². The Balaban J connectivity index is 1.22. The predicted octanol–water partition coefficient (Wildman–Crippen LogP) is 2.47. The van der Waals surface area contributed by atoms with E-state index in [0.717, 1.165) is 73.5 Å².